The Kier molecular flexibility index (Phi) is 20.2. The minimum atomic E-state index is -1.26. The van der Waals surface area contributed by atoms with Gasteiger partial charge in [0.15, 0.2) is 11.9 Å². The molecule has 0 saturated carbocycles. The Morgan fingerprint density at radius 3 is 1.95 bits per heavy atom. The van der Waals surface area contributed by atoms with Gasteiger partial charge in [0.25, 0.3) is 0 Å². The minimum Gasteiger partial charge on any atom is -0.508 e. The molecular weight excluding hydrogens is 752 g/mol. The summed E-state index contributed by atoms with van der Waals surface area (Å²) in [6, 6.07) is -0.652. The standard InChI is InChI=1S/C38H64N12O8/c1-5-22(4)30(34(55)48-28(36(57)58)19-21(2)3)49-32(53)27(20-23-12-14-24(51)15-13-23)47-33(54)29-11-8-18-50(29)35(56)26(10-7-17-45-38(42)43)46-31(52)25(39)9-6-16-44-37(40)41/h12-15,21-22,25-30,51H,5-11,16-20,39H2,1-4H3,(H,46,52)(H,47,54)(H,48,55)(H,49,53)(H,57,58)(H4,40,41,44)(H4,42,43,45)/t22-,25+,26-,27-,28+,29-,30-/m0/s1. The molecule has 1 heterocycles. The lowest BCUT2D eigenvalue weighted by atomic mass is 9.96. The molecule has 1 aromatic carbocycles. The fourth-order valence-electron chi connectivity index (χ4n) is 6.45. The van der Waals surface area contributed by atoms with Gasteiger partial charge in [0.1, 0.15) is 36.0 Å². The summed E-state index contributed by atoms with van der Waals surface area (Å²) in [5.41, 5.74) is 28.3. The topological polar surface area (TPSA) is 349 Å². The van der Waals surface area contributed by atoms with Crippen molar-refractivity contribution in [2.24, 2.45) is 50.5 Å². The third-order valence-corrected chi connectivity index (χ3v) is 9.83. The van der Waals surface area contributed by atoms with E-state index in [9.17, 15) is 39.0 Å². The van der Waals surface area contributed by atoms with Gasteiger partial charge in [-0.05, 0) is 74.5 Å². The Labute approximate surface area is 339 Å². The highest BCUT2D eigenvalue weighted by Gasteiger charge is 2.40. The summed E-state index contributed by atoms with van der Waals surface area (Å²) in [4.78, 5) is 90.1. The number of aliphatic imine (C=N–C) groups is 2. The molecule has 7 atom stereocenters. The Morgan fingerprint density at radius 2 is 1.40 bits per heavy atom. The quantitative estimate of drug-likeness (QED) is 0.0321. The van der Waals surface area contributed by atoms with E-state index >= 15 is 0 Å². The highest BCUT2D eigenvalue weighted by molar-refractivity contribution is 5.96. The fourth-order valence-corrected chi connectivity index (χ4v) is 6.45. The number of guanidine groups is 2. The monoisotopic (exact) mass is 816 g/mol. The second-order valence-electron chi connectivity index (χ2n) is 15.1. The normalized spacial score (nSPS) is 16.8. The molecule has 1 aliphatic heterocycles. The lowest BCUT2D eigenvalue weighted by molar-refractivity contribution is -0.143. The van der Waals surface area contributed by atoms with Crippen molar-refractivity contribution >= 4 is 47.4 Å². The summed E-state index contributed by atoms with van der Waals surface area (Å²) in [7, 11) is 0. The van der Waals surface area contributed by atoms with Crippen LogP contribution in [0.15, 0.2) is 34.3 Å². The molecule has 324 valence electrons. The number of carboxylic acids is 1. The second kappa shape index (κ2) is 24.2. The molecule has 1 fully saturated rings. The summed E-state index contributed by atoms with van der Waals surface area (Å²) >= 11 is 0. The fraction of sp³-hybridized carbons (Fsp3) is 0.632. The average Bonchev–Trinajstić information content (AvgIpc) is 3.66. The molecule has 0 aliphatic carbocycles. The van der Waals surface area contributed by atoms with E-state index in [4.69, 9.17) is 28.7 Å². The van der Waals surface area contributed by atoms with E-state index in [2.05, 4.69) is 31.3 Å². The average molecular weight is 817 g/mol. The van der Waals surface area contributed by atoms with Crippen LogP contribution in [-0.2, 0) is 35.2 Å². The number of aliphatic carboxylic acids is 1. The second-order valence-corrected chi connectivity index (χ2v) is 15.1. The largest absolute Gasteiger partial charge is 0.508 e. The molecule has 0 radical (unpaired) electrons. The number of nitrogens with one attached hydrogen (secondary N) is 4. The maximum absolute atomic E-state index is 14.1. The number of likely N-dealkylation sites (tertiary alicyclic amines) is 1. The van der Waals surface area contributed by atoms with Gasteiger partial charge in [0.05, 0.1) is 6.04 Å². The summed E-state index contributed by atoms with van der Waals surface area (Å²) in [6.07, 6.45) is 2.36. The van der Waals surface area contributed by atoms with E-state index < -0.39 is 77.7 Å². The van der Waals surface area contributed by atoms with Crippen molar-refractivity contribution in [2.75, 3.05) is 19.6 Å². The van der Waals surface area contributed by atoms with E-state index in [1.165, 1.54) is 17.0 Å². The first-order chi connectivity index (χ1) is 27.3. The van der Waals surface area contributed by atoms with Crippen molar-refractivity contribution in [3.05, 3.63) is 29.8 Å². The molecule has 0 unspecified atom stereocenters. The van der Waals surface area contributed by atoms with Crippen molar-refractivity contribution in [3.8, 4) is 5.75 Å². The van der Waals surface area contributed by atoms with Crippen LogP contribution in [-0.4, -0.2) is 118 Å². The van der Waals surface area contributed by atoms with Crippen LogP contribution in [0.5, 0.6) is 5.75 Å². The molecule has 1 aliphatic rings. The number of rotatable bonds is 24. The van der Waals surface area contributed by atoms with E-state index in [0.717, 1.165) is 0 Å². The van der Waals surface area contributed by atoms with E-state index in [-0.39, 0.29) is 75.3 Å². The minimum absolute atomic E-state index is 0.0105. The van der Waals surface area contributed by atoms with Gasteiger partial charge in [0.2, 0.25) is 29.5 Å². The summed E-state index contributed by atoms with van der Waals surface area (Å²) in [5, 5.41) is 30.4. The number of hydrogen-bond acceptors (Lipinski definition) is 10. The van der Waals surface area contributed by atoms with Gasteiger partial charge < -0.3 is 65.0 Å². The summed E-state index contributed by atoms with van der Waals surface area (Å²) in [6.45, 7) is 7.84. The molecule has 58 heavy (non-hydrogen) atoms. The molecule has 0 aromatic heterocycles. The zero-order valence-electron chi connectivity index (χ0n) is 34.0. The molecule has 1 aromatic rings. The smallest absolute Gasteiger partial charge is 0.326 e. The Bertz CT molecular complexity index is 1600. The van der Waals surface area contributed by atoms with Gasteiger partial charge in [0, 0.05) is 26.1 Å². The van der Waals surface area contributed by atoms with Crippen molar-refractivity contribution in [1.29, 1.82) is 0 Å². The molecule has 5 amide bonds. The number of phenolic OH excluding ortho intramolecular Hbond substituents is 1. The van der Waals surface area contributed by atoms with Crippen LogP contribution in [0.2, 0.25) is 0 Å². The van der Waals surface area contributed by atoms with Crippen LogP contribution < -0.4 is 49.9 Å². The van der Waals surface area contributed by atoms with Gasteiger partial charge in [-0.2, -0.15) is 0 Å². The summed E-state index contributed by atoms with van der Waals surface area (Å²) in [5.74, 6) is -5.06. The molecule has 2 rings (SSSR count). The lowest BCUT2D eigenvalue weighted by Gasteiger charge is -2.31. The number of nitrogens with zero attached hydrogens (tertiary/aromatic N) is 3. The maximum Gasteiger partial charge on any atom is 0.326 e. The highest BCUT2D eigenvalue weighted by Crippen LogP contribution is 2.21. The van der Waals surface area contributed by atoms with Gasteiger partial charge in [-0.1, -0.05) is 46.2 Å². The van der Waals surface area contributed by atoms with Crippen molar-refractivity contribution in [1.82, 2.24) is 26.2 Å². The number of nitrogens with two attached hydrogens (primary N) is 5. The third-order valence-electron chi connectivity index (χ3n) is 9.83. The van der Waals surface area contributed by atoms with Crippen LogP contribution in [0.4, 0.5) is 0 Å². The number of aromatic hydroxyl groups is 1. The molecule has 20 heteroatoms. The van der Waals surface area contributed by atoms with Crippen LogP contribution in [0, 0.1) is 11.8 Å². The van der Waals surface area contributed by atoms with E-state index in [1.807, 2.05) is 20.8 Å². The molecule has 20 nitrogen and oxygen atoms in total. The van der Waals surface area contributed by atoms with Gasteiger partial charge in [-0.3, -0.25) is 34.0 Å². The number of amides is 5. The third kappa shape index (κ3) is 16.4. The predicted molar refractivity (Wildman–Crippen MR) is 219 cm³/mol. The highest BCUT2D eigenvalue weighted by atomic mass is 16.4. The first-order valence-corrected chi connectivity index (χ1v) is 19.7. The van der Waals surface area contributed by atoms with Crippen molar-refractivity contribution in [3.63, 3.8) is 0 Å². The maximum atomic E-state index is 14.1. The molecule has 0 spiro atoms. The molecule has 1 saturated heterocycles. The van der Waals surface area contributed by atoms with Crippen LogP contribution in [0.1, 0.15) is 84.6 Å². The molecular formula is C38H64N12O8. The number of carbonyl (C=O) groups excluding carboxylic acids is 5. The number of phenols is 1. The first kappa shape index (κ1) is 48.5. The zero-order valence-corrected chi connectivity index (χ0v) is 34.0. The first-order valence-electron chi connectivity index (χ1n) is 19.7. The van der Waals surface area contributed by atoms with Crippen molar-refractivity contribution in [2.45, 2.75) is 122 Å². The SMILES string of the molecule is CC[C@H](C)[C@H](NC(=O)[C@H](Cc1ccc(O)cc1)NC(=O)[C@@H]1CCCN1C(=O)[C@H](CCCN=C(N)N)NC(=O)[C@H](N)CCCN=C(N)N)C(=O)N[C@H](CC(C)C)C(=O)O. The van der Waals surface area contributed by atoms with E-state index in [0.29, 0.717) is 31.2 Å². The Balaban J connectivity index is 2.36. The lowest BCUT2D eigenvalue weighted by Crippen LogP contribution is -2.60. The van der Waals surface area contributed by atoms with Gasteiger partial charge >= 0.3 is 5.97 Å². The van der Waals surface area contributed by atoms with Crippen LogP contribution >= 0.6 is 0 Å². The number of carbonyl (C=O) groups is 6. The number of benzene rings is 1. The van der Waals surface area contributed by atoms with Gasteiger partial charge in [-0.15, -0.1) is 0 Å². The summed E-state index contributed by atoms with van der Waals surface area (Å²) < 4.78 is 0. The van der Waals surface area contributed by atoms with Crippen LogP contribution in [0.3, 0.4) is 0 Å². The predicted octanol–water partition coefficient (Wildman–Crippen LogP) is -1.52. The number of carboxylic acid groups (broad SMARTS) is 1. The molecule has 0 bridgehead atoms. The zero-order chi connectivity index (χ0) is 43.5. The Morgan fingerprint density at radius 1 is 0.810 bits per heavy atom. The number of hydrogen-bond donors (Lipinski definition) is 11. The van der Waals surface area contributed by atoms with Gasteiger partial charge in [-0.25, -0.2) is 4.79 Å². The van der Waals surface area contributed by atoms with E-state index in [1.54, 1.807) is 19.1 Å². The van der Waals surface area contributed by atoms with Crippen molar-refractivity contribution < 1.29 is 39.0 Å². The van der Waals surface area contributed by atoms with Crippen LogP contribution in [0.25, 0.3) is 0 Å². The Hall–Kier alpha value is -5.66. The molecule has 16 N–H and O–H groups in total.